The summed E-state index contributed by atoms with van der Waals surface area (Å²) in [5, 5.41) is 0. The predicted molar refractivity (Wildman–Crippen MR) is 101 cm³/mol. The molecule has 0 aliphatic carbocycles. The molecule has 2 aliphatic rings. The van der Waals surface area contributed by atoms with Crippen LogP contribution in [0.15, 0.2) is 36.9 Å². The first-order valence-corrected chi connectivity index (χ1v) is 9.45. The SMILES string of the molecule is COc1cc(N2CCC[C@]3(CCC(=O)N(Cc4ccncc4)C3)C2)ncn1. The lowest BCUT2D eigenvalue weighted by Gasteiger charge is -2.48. The molecule has 4 rings (SSSR count). The van der Waals surface area contributed by atoms with E-state index in [2.05, 4.69) is 19.9 Å². The second-order valence-electron chi connectivity index (χ2n) is 7.55. The largest absolute Gasteiger partial charge is 0.481 e. The second-order valence-corrected chi connectivity index (χ2v) is 7.55. The van der Waals surface area contributed by atoms with Gasteiger partial charge in [-0.3, -0.25) is 9.78 Å². The highest BCUT2D eigenvalue weighted by Crippen LogP contribution is 2.40. The van der Waals surface area contributed by atoms with Crippen molar-refractivity contribution in [1.82, 2.24) is 19.9 Å². The van der Waals surface area contributed by atoms with Crippen molar-refractivity contribution in [3.05, 3.63) is 42.5 Å². The maximum Gasteiger partial charge on any atom is 0.222 e. The van der Waals surface area contributed by atoms with Gasteiger partial charge in [0, 0.05) is 56.5 Å². The predicted octanol–water partition coefficient (Wildman–Crippen LogP) is 2.29. The first-order chi connectivity index (χ1) is 13.2. The molecule has 0 bridgehead atoms. The summed E-state index contributed by atoms with van der Waals surface area (Å²) in [5.41, 5.74) is 1.25. The lowest BCUT2D eigenvalue weighted by Crippen LogP contribution is -2.54. The third kappa shape index (κ3) is 3.86. The summed E-state index contributed by atoms with van der Waals surface area (Å²) in [6, 6.07) is 5.85. The molecule has 4 heterocycles. The number of ether oxygens (including phenoxy) is 1. The van der Waals surface area contributed by atoms with Crippen LogP contribution in [0.2, 0.25) is 0 Å². The van der Waals surface area contributed by atoms with Gasteiger partial charge in [-0.2, -0.15) is 0 Å². The molecule has 2 fully saturated rings. The minimum atomic E-state index is 0.122. The second kappa shape index (κ2) is 7.50. The Kier molecular flexibility index (Phi) is 4.92. The topological polar surface area (TPSA) is 71.5 Å². The number of carbonyl (C=O) groups is 1. The highest BCUT2D eigenvalue weighted by Gasteiger charge is 2.42. The highest BCUT2D eigenvalue weighted by molar-refractivity contribution is 5.77. The van der Waals surface area contributed by atoms with Gasteiger partial charge in [-0.1, -0.05) is 0 Å². The van der Waals surface area contributed by atoms with Crippen molar-refractivity contribution in [1.29, 1.82) is 0 Å². The van der Waals surface area contributed by atoms with Crippen molar-refractivity contribution < 1.29 is 9.53 Å². The summed E-state index contributed by atoms with van der Waals surface area (Å²) in [7, 11) is 1.62. The van der Waals surface area contributed by atoms with Crippen molar-refractivity contribution >= 4 is 11.7 Å². The molecule has 0 radical (unpaired) electrons. The summed E-state index contributed by atoms with van der Waals surface area (Å²) in [6.45, 7) is 3.34. The van der Waals surface area contributed by atoms with Crippen LogP contribution < -0.4 is 9.64 Å². The zero-order valence-corrected chi connectivity index (χ0v) is 15.7. The Balaban J connectivity index is 1.50. The third-order valence-corrected chi connectivity index (χ3v) is 5.69. The van der Waals surface area contributed by atoms with Gasteiger partial charge in [-0.25, -0.2) is 9.97 Å². The number of hydrogen-bond acceptors (Lipinski definition) is 6. The van der Waals surface area contributed by atoms with Crippen molar-refractivity contribution in [2.45, 2.75) is 32.2 Å². The van der Waals surface area contributed by atoms with Crippen LogP contribution in [0.1, 0.15) is 31.2 Å². The minimum Gasteiger partial charge on any atom is -0.481 e. The molecule has 1 atom stereocenters. The number of carbonyl (C=O) groups excluding carboxylic acids is 1. The summed E-state index contributed by atoms with van der Waals surface area (Å²) in [4.78, 5) is 29.5. The number of methoxy groups -OCH3 is 1. The van der Waals surface area contributed by atoms with Gasteiger partial charge >= 0.3 is 0 Å². The number of pyridine rings is 1. The van der Waals surface area contributed by atoms with Crippen molar-refractivity contribution in [2.75, 3.05) is 31.6 Å². The van der Waals surface area contributed by atoms with Gasteiger partial charge in [0.05, 0.1) is 7.11 Å². The Bertz CT molecular complexity index is 800. The third-order valence-electron chi connectivity index (χ3n) is 5.69. The average Bonchev–Trinajstić information content (AvgIpc) is 2.72. The van der Waals surface area contributed by atoms with Crippen LogP contribution in [0.25, 0.3) is 0 Å². The number of likely N-dealkylation sites (tertiary alicyclic amines) is 1. The van der Waals surface area contributed by atoms with Gasteiger partial charge in [0.2, 0.25) is 11.8 Å². The zero-order valence-electron chi connectivity index (χ0n) is 15.7. The molecule has 2 aromatic rings. The number of nitrogens with zero attached hydrogens (tertiary/aromatic N) is 5. The number of amides is 1. The average molecular weight is 367 g/mol. The molecule has 0 aromatic carbocycles. The Hall–Kier alpha value is -2.70. The first kappa shape index (κ1) is 17.7. The van der Waals surface area contributed by atoms with E-state index < -0.39 is 0 Å². The summed E-state index contributed by atoms with van der Waals surface area (Å²) >= 11 is 0. The fourth-order valence-corrected chi connectivity index (χ4v) is 4.31. The Morgan fingerprint density at radius 3 is 2.85 bits per heavy atom. The van der Waals surface area contributed by atoms with Gasteiger partial charge in [0.25, 0.3) is 0 Å². The molecule has 7 nitrogen and oxygen atoms in total. The molecule has 1 spiro atoms. The Morgan fingerprint density at radius 1 is 1.19 bits per heavy atom. The van der Waals surface area contributed by atoms with E-state index in [1.54, 1.807) is 25.8 Å². The van der Waals surface area contributed by atoms with Gasteiger partial charge in [-0.05, 0) is 37.0 Å². The van der Waals surface area contributed by atoms with Crippen molar-refractivity contribution in [3.63, 3.8) is 0 Å². The lowest BCUT2D eigenvalue weighted by atomic mass is 9.73. The minimum absolute atomic E-state index is 0.122. The van der Waals surface area contributed by atoms with E-state index in [0.717, 1.165) is 50.3 Å². The number of aromatic nitrogens is 3. The van der Waals surface area contributed by atoms with Gasteiger partial charge < -0.3 is 14.5 Å². The van der Waals surface area contributed by atoms with Crippen LogP contribution in [0.3, 0.4) is 0 Å². The maximum atomic E-state index is 12.5. The molecule has 2 aromatic heterocycles. The monoisotopic (exact) mass is 367 g/mol. The van der Waals surface area contributed by atoms with Gasteiger partial charge in [-0.15, -0.1) is 0 Å². The van der Waals surface area contributed by atoms with Crippen LogP contribution in [0.4, 0.5) is 5.82 Å². The van der Waals surface area contributed by atoms with E-state index in [-0.39, 0.29) is 11.3 Å². The first-order valence-electron chi connectivity index (χ1n) is 9.45. The molecule has 142 valence electrons. The van der Waals surface area contributed by atoms with Gasteiger partial charge in [0.1, 0.15) is 12.1 Å². The van der Waals surface area contributed by atoms with Crippen LogP contribution in [0.5, 0.6) is 5.88 Å². The number of piperidine rings is 2. The van der Waals surface area contributed by atoms with E-state index in [9.17, 15) is 4.79 Å². The van der Waals surface area contributed by atoms with E-state index in [1.807, 2.05) is 23.1 Å². The molecular formula is C20H25N5O2. The summed E-state index contributed by atoms with van der Waals surface area (Å²) in [6.07, 6.45) is 8.92. The molecule has 2 saturated heterocycles. The van der Waals surface area contributed by atoms with Crippen LogP contribution in [0, 0.1) is 5.41 Å². The number of rotatable bonds is 4. The molecule has 27 heavy (non-hydrogen) atoms. The van der Waals surface area contributed by atoms with E-state index in [1.165, 1.54) is 0 Å². The van der Waals surface area contributed by atoms with Gasteiger partial charge in [0.15, 0.2) is 0 Å². The quantitative estimate of drug-likeness (QED) is 0.826. The number of hydrogen-bond donors (Lipinski definition) is 0. The van der Waals surface area contributed by atoms with E-state index >= 15 is 0 Å². The van der Waals surface area contributed by atoms with Crippen LogP contribution >= 0.6 is 0 Å². The summed E-state index contributed by atoms with van der Waals surface area (Å²) in [5.74, 6) is 1.73. The smallest absolute Gasteiger partial charge is 0.222 e. The lowest BCUT2D eigenvalue weighted by molar-refractivity contribution is -0.138. The van der Waals surface area contributed by atoms with Crippen molar-refractivity contribution in [2.24, 2.45) is 5.41 Å². The van der Waals surface area contributed by atoms with Crippen LogP contribution in [-0.4, -0.2) is 52.5 Å². The molecule has 0 unspecified atom stereocenters. The summed E-state index contributed by atoms with van der Waals surface area (Å²) < 4.78 is 5.24. The Morgan fingerprint density at radius 2 is 2.04 bits per heavy atom. The van der Waals surface area contributed by atoms with E-state index in [4.69, 9.17) is 4.74 Å². The maximum absolute atomic E-state index is 12.5. The molecule has 0 saturated carbocycles. The standard InChI is InChI=1S/C20H25N5O2/c1-27-18-11-17(22-15-23-18)24-10-2-6-20(13-24)7-3-19(26)25(14-20)12-16-4-8-21-9-5-16/h4-5,8-9,11,15H,2-3,6-7,10,12-14H2,1H3/t20-/m0/s1. The number of anilines is 1. The normalized spacial score (nSPS) is 22.9. The molecule has 1 amide bonds. The Labute approximate surface area is 159 Å². The highest BCUT2D eigenvalue weighted by atomic mass is 16.5. The zero-order chi connectivity index (χ0) is 18.7. The van der Waals surface area contributed by atoms with E-state index in [0.29, 0.717) is 18.8 Å². The molecule has 2 aliphatic heterocycles. The fraction of sp³-hybridized carbons (Fsp3) is 0.500. The fourth-order valence-electron chi connectivity index (χ4n) is 4.31. The molecular weight excluding hydrogens is 342 g/mol. The van der Waals surface area contributed by atoms with Crippen molar-refractivity contribution in [3.8, 4) is 5.88 Å². The molecule has 7 heteroatoms. The van der Waals surface area contributed by atoms with Crippen LogP contribution in [-0.2, 0) is 11.3 Å². The molecule has 0 N–H and O–H groups in total.